The minimum absolute atomic E-state index is 0.688. The van der Waals surface area contributed by atoms with Crippen LogP contribution >= 0.6 is 0 Å². The van der Waals surface area contributed by atoms with E-state index >= 15 is 0 Å². The Bertz CT molecular complexity index is 3160. The first-order chi connectivity index (χ1) is 27.8. The topological polar surface area (TPSA) is 48.5 Å². The van der Waals surface area contributed by atoms with Gasteiger partial charge in [0.25, 0.3) is 0 Å². The second-order valence-electron chi connectivity index (χ2n) is 14.1. The van der Waals surface area contributed by atoms with Crippen molar-refractivity contribution in [2.45, 2.75) is 0 Å². The third-order valence-corrected chi connectivity index (χ3v) is 10.8. The quantitative estimate of drug-likeness (QED) is 0.172. The molecule has 5 heteroatoms. The molecule has 0 aliphatic heterocycles. The number of pyridine rings is 1. The van der Waals surface area contributed by atoms with Crippen LogP contribution in [0.1, 0.15) is 0 Å². The fourth-order valence-electron chi connectivity index (χ4n) is 8.25. The predicted octanol–water partition coefficient (Wildman–Crippen LogP) is 12.7. The van der Waals surface area contributed by atoms with E-state index in [0.29, 0.717) is 5.82 Å². The van der Waals surface area contributed by atoms with Crippen LogP contribution in [-0.4, -0.2) is 24.1 Å². The van der Waals surface area contributed by atoms with Gasteiger partial charge in [0.15, 0.2) is 5.82 Å². The van der Waals surface area contributed by atoms with E-state index in [0.717, 1.165) is 67.0 Å². The molecule has 4 heterocycles. The minimum Gasteiger partial charge on any atom is -0.309 e. The number of nitrogens with zero attached hydrogens (tertiary/aromatic N) is 5. The number of hydrogen-bond acceptors (Lipinski definition) is 3. The Morgan fingerprint density at radius 3 is 1.66 bits per heavy atom. The Kier molecular flexibility index (Phi) is 7.42. The highest BCUT2D eigenvalue weighted by Crippen LogP contribution is 2.41. The maximum Gasteiger partial charge on any atom is 0.160 e. The van der Waals surface area contributed by atoms with Crippen molar-refractivity contribution < 1.29 is 0 Å². The Labute approximate surface area is 323 Å². The molecular formula is C51H33N5. The molecule has 0 aliphatic carbocycles. The molecule has 0 unspecified atom stereocenters. The number of benzene rings is 7. The fourth-order valence-corrected chi connectivity index (χ4v) is 8.25. The monoisotopic (exact) mass is 715 g/mol. The van der Waals surface area contributed by atoms with Gasteiger partial charge in [0.2, 0.25) is 0 Å². The summed E-state index contributed by atoms with van der Waals surface area (Å²) >= 11 is 0. The second-order valence-corrected chi connectivity index (χ2v) is 14.1. The molecule has 0 N–H and O–H groups in total. The fraction of sp³-hybridized carbons (Fsp3) is 0. The lowest BCUT2D eigenvalue weighted by atomic mass is 9.98. The van der Waals surface area contributed by atoms with Gasteiger partial charge in [-0.3, -0.25) is 4.98 Å². The molecule has 0 amide bonds. The van der Waals surface area contributed by atoms with Gasteiger partial charge in [-0.05, 0) is 90.0 Å². The number of aromatic nitrogens is 5. The Hall–Kier alpha value is -7.63. The largest absolute Gasteiger partial charge is 0.309 e. The van der Waals surface area contributed by atoms with E-state index in [-0.39, 0.29) is 0 Å². The molecule has 11 aromatic rings. The predicted molar refractivity (Wildman–Crippen MR) is 230 cm³/mol. The van der Waals surface area contributed by atoms with E-state index in [4.69, 9.17) is 15.0 Å². The van der Waals surface area contributed by atoms with E-state index in [2.05, 4.69) is 161 Å². The van der Waals surface area contributed by atoms with Gasteiger partial charge < -0.3 is 9.13 Å². The highest BCUT2D eigenvalue weighted by Gasteiger charge is 2.19. The molecular weight excluding hydrogens is 683 g/mol. The maximum absolute atomic E-state index is 5.06. The molecule has 11 rings (SSSR count). The molecule has 4 aromatic heterocycles. The highest BCUT2D eigenvalue weighted by atomic mass is 15.0. The highest BCUT2D eigenvalue weighted by molar-refractivity contribution is 6.17. The Morgan fingerprint density at radius 2 is 0.929 bits per heavy atom. The van der Waals surface area contributed by atoms with Gasteiger partial charge in [-0.15, -0.1) is 0 Å². The molecule has 0 atom stereocenters. The molecule has 0 aliphatic rings. The van der Waals surface area contributed by atoms with Crippen molar-refractivity contribution in [1.29, 1.82) is 0 Å². The van der Waals surface area contributed by atoms with Crippen molar-refractivity contribution in [3.63, 3.8) is 0 Å². The Balaban J connectivity index is 1.04. The van der Waals surface area contributed by atoms with Crippen molar-refractivity contribution >= 4 is 43.7 Å². The first-order valence-corrected chi connectivity index (χ1v) is 18.9. The molecule has 0 spiro atoms. The lowest BCUT2D eigenvalue weighted by Crippen LogP contribution is -1.97. The first-order valence-electron chi connectivity index (χ1n) is 18.9. The average Bonchev–Trinajstić information content (AvgIpc) is 3.80. The summed E-state index contributed by atoms with van der Waals surface area (Å²) in [5.74, 6) is 0.688. The van der Waals surface area contributed by atoms with E-state index in [1.807, 2.05) is 48.7 Å². The van der Waals surface area contributed by atoms with Crippen molar-refractivity contribution in [3.05, 3.63) is 200 Å². The molecule has 5 nitrogen and oxygen atoms in total. The van der Waals surface area contributed by atoms with Gasteiger partial charge in [0.05, 0.1) is 39.0 Å². The summed E-state index contributed by atoms with van der Waals surface area (Å²) in [5.41, 5.74) is 14.9. The minimum atomic E-state index is 0.688. The summed E-state index contributed by atoms with van der Waals surface area (Å²) in [7, 11) is 0. The van der Waals surface area contributed by atoms with Crippen LogP contribution in [-0.2, 0) is 0 Å². The molecule has 0 saturated carbocycles. The second kappa shape index (κ2) is 13.0. The van der Waals surface area contributed by atoms with Crippen LogP contribution in [0.15, 0.2) is 200 Å². The van der Waals surface area contributed by atoms with Crippen LogP contribution in [0.3, 0.4) is 0 Å². The van der Waals surface area contributed by atoms with E-state index in [1.165, 1.54) is 27.4 Å². The van der Waals surface area contributed by atoms with Crippen LogP contribution in [0.2, 0.25) is 0 Å². The summed E-state index contributed by atoms with van der Waals surface area (Å²) < 4.78 is 4.68. The molecule has 0 radical (unpaired) electrons. The van der Waals surface area contributed by atoms with E-state index < -0.39 is 0 Å². The third kappa shape index (κ3) is 5.21. The Morgan fingerprint density at radius 1 is 0.357 bits per heavy atom. The van der Waals surface area contributed by atoms with Gasteiger partial charge in [-0.1, -0.05) is 115 Å². The summed E-state index contributed by atoms with van der Waals surface area (Å²) in [4.78, 5) is 15.1. The zero-order valence-electron chi connectivity index (χ0n) is 30.3. The van der Waals surface area contributed by atoms with E-state index in [9.17, 15) is 0 Å². The summed E-state index contributed by atoms with van der Waals surface area (Å²) in [6, 6.07) is 68.2. The molecule has 56 heavy (non-hydrogen) atoms. The molecule has 0 bridgehead atoms. The number of rotatable bonds is 6. The maximum atomic E-state index is 5.06. The van der Waals surface area contributed by atoms with Crippen molar-refractivity contribution in [1.82, 2.24) is 24.1 Å². The summed E-state index contributed by atoms with van der Waals surface area (Å²) in [5, 5.41) is 3.59. The smallest absolute Gasteiger partial charge is 0.160 e. The normalized spacial score (nSPS) is 11.6. The zero-order chi connectivity index (χ0) is 37.0. The van der Waals surface area contributed by atoms with E-state index in [1.54, 1.807) is 0 Å². The number of para-hydroxylation sites is 2. The molecule has 0 fully saturated rings. The number of fused-ring (bicyclic) bond motifs is 6. The standard InChI is InChI=1S/C51H33N5/c1-4-14-34(15-5-1)43-33-44(35-16-6-2-7-17-35)54-51(53-43)36-25-28-39(29-26-36)56-46-30-27-37(32-42(46)50-48(56)24-13-31-52-50)40-21-12-23-47-49(40)41-20-10-11-22-45(41)55(47)38-18-8-3-9-19-38/h1-33H. The SMILES string of the molecule is c1ccc(-c2cc(-c3ccccc3)nc(-c3ccc(-n4c5ccc(-c6cccc7c6c6ccccc6n7-c6ccccc6)cc5c5ncccc54)cc3)n2)cc1. The van der Waals surface area contributed by atoms with Crippen LogP contribution in [0, 0.1) is 0 Å². The molecule has 7 aromatic carbocycles. The van der Waals surface area contributed by atoms with Crippen molar-refractivity contribution in [3.8, 4) is 56.4 Å². The van der Waals surface area contributed by atoms with Crippen LogP contribution in [0.5, 0.6) is 0 Å². The summed E-state index contributed by atoms with van der Waals surface area (Å²) in [6.07, 6.45) is 1.89. The lowest BCUT2D eigenvalue weighted by molar-refractivity contribution is 1.16. The van der Waals surface area contributed by atoms with Gasteiger partial charge in [-0.2, -0.15) is 0 Å². The van der Waals surface area contributed by atoms with Gasteiger partial charge in [-0.25, -0.2) is 9.97 Å². The van der Waals surface area contributed by atoms with Crippen molar-refractivity contribution in [2.75, 3.05) is 0 Å². The van der Waals surface area contributed by atoms with Crippen LogP contribution in [0.25, 0.3) is 100 Å². The van der Waals surface area contributed by atoms with Gasteiger partial charge in [0, 0.05) is 50.4 Å². The summed E-state index contributed by atoms with van der Waals surface area (Å²) in [6.45, 7) is 0. The van der Waals surface area contributed by atoms with Crippen LogP contribution in [0.4, 0.5) is 0 Å². The first kappa shape index (κ1) is 31.9. The average molecular weight is 716 g/mol. The third-order valence-electron chi connectivity index (χ3n) is 10.8. The van der Waals surface area contributed by atoms with Gasteiger partial charge >= 0.3 is 0 Å². The lowest BCUT2D eigenvalue weighted by Gasteiger charge is -2.11. The van der Waals surface area contributed by atoms with Crippen molar-refractivity contribution in [2.24, 2.45) is 0 Å². The molecule has 0 saturated heterocycles. The van der Waals surface area contributed by atoms with Gasteiger partial charge in [0.1, 0.15) is 0 Å². The van der Waals surface area contributed by atoms with Crippen LogP contribution < -0.4 is 0 Å². The zero-order valence-corrected chi connectivity index (χ0v) is 30.3. The molecule has 262 valence electrons. The number of hydrogen-bond donors (Lipinski definition) is 0.